The Hall–Kier alpha value is -1.85. The van der Waals surface area contributed by atoms with Gasteiger partial charge in [0.25, 0.3) is 5.56 Å². The summed E-state index contributed by atoms with van der Waals surface area (Å²) in [5.41, 5.74) is -0.491. The highest BCUT2D eigenvalue weighted by Gasteiger charge is 2.34. The fourth-order valence-electron chi connectivity index (χ4n) is 2.63. The van der Waals surface area contributed by atoms with Crippen molar-refractivity contribution in [3.63, 3.8) is 0 Å². The van der Waals surface area contributed by atoms with Crippen molar-refractivity contribution in [2.24, 2.45) is 0 Å². The Morgan fingerprint density at radius 1 is 1.48 bits per heavy atom. The molecule has 2 heterocycles. The third kappa shape index (κ3) is 3.09. The number of rotatable bonds is 3. The van der Waals surface area contributed by atoms with E-state index in [1.807, 2.05) is 20.8 Å². The molecule has 0 N–H and O–H groups in total. The number of hydrogen-bond donors (Lipinski definition) is 0. The Morgan fingerprint density at radius 3 is 2.81 bits per heavy atom. The first-order chi connectivity index (χ1) is 9.86. The molecule has 0 amide bonds. The van der Waals surface area contributed by atoms with Gasteiger partial charge in [0, 0.05) is 24.5 Å². The van der Waals surface area contributed by atoms with Gasteiger partial charge in [0.1, 0.15) is 6.04 Å². The van der Waals surface area contributed by atoms with E-state index >= 15 is 0 Å². The first kappa shape index (κ1) is 15.5. The molecule has 0 aliphatic carbocycles. The highest BCUT2D eigenvalue weighted by molar-refractivity contribution is 5.80. The monoisotopic (exact) mass is 293 g/mol. The van der Waals surface area contributed by atoms with E-state index in [1.54, 1.807) is 28.8 Å². The van der Waals surface area contributed by atoms with E-state index in [-0.39, 0.29) is 17.1 Å². The van der Waals surface area contributed by atoms with Crippen molar-refractivity contribution < 1.29 is 9.53 Å². The van der Waals surface area contributed by atoms with Gasteiger partial charge in [-0.3, -0.25) is 4.79 Å². The Kier molecular flexibility index (Phi) is 4.34. The van der Waals surface area contributed by atoms with Crippen LogP contribution in [0.3, 0.4) is 0 Å². The predicted octanol–water partition coefficient (Wildman–Crippen LogP) is 1.53. The summed E-state index contributed by atoms with van der Waals surface area (Å²) in [6, 6.07) is -0.402. The summed E-state index contributed by atoms with van der Waals surface area (Å²) in [7, 11) is 0. The largest absolute Gasteiger partial charge is 0.464 e. The lowest BCUT2D eigenvalue weighted by Gasteiger charge is -2.27. The summed E-state index contributed by atoms with van der Waals surface area (Å²) in [4.78, 5) is 30.6. The fourth-order valence-corrected chi connectivity index (χ4v) is 2.63. The highest BCUT2D eigenvalue weighted by Crippen LogP contribution is 2.23. The van der Waals surface area contributed by atoms with E-state index in [4.69, 9.17) is 4.74 Å². The number of esters is 1. The molecule has 2 rings (SSSR count). The van der Waals surface area contributed by atoms with Crippen LogP contribution in [-0.2, 0) is 15.1 Å². The van der Waals surface area contributed by atoms with Gasteiger partial charge in [-0.05, 0) is 40.5 Å². The van der Waals surface area contributed by atoms with Gasteiger partial charge in [0.05, 0.1) is 6.61 Å². The van der Waals surface area contributed by atoms with Gasteiger partial charge in [-0.25, -0.2) is 9.78 Å². The molecule has 6 heteroatoms. The second-order valence-electron chi connectivity index (χ2n) is 6.20. The molecule has 0 saturated carbocycles. The molecule has 1 atom stereocenters. The average Bonchev–Trinajstić information content (AvgIpc) is 2.87. The average molecular weight is 293 g/mol. The predicted molar refractivity (Wildman–Crippen MR) is 80.5 cm³/mol. The summed E-state index contributed by atoms with van der Waals surface area (Å²) in [6.45, 7) is 8.67. The maximum absolute atomic E-state index is 12.6. The van der Waals surface area contributed by atoms with Crippen LogP contribution >= 0.6 is 0 Å². The SMILES string of the molecule is CCOC(=O)C1CCCN1c1nccn(C(C)(C)C)c1=O. The van der Waals surface area contributed by atoms with Gasteiger partial charge < -0.3 is 14.2 Å². The van der Waals surface area contributed by atoms with Crippen LogP contribution in [0.2, 0.25) is 0 Å². The Bertz CT molecular complexity index is 574. The summed E-state index contributed by atoms with van der Waals surface area (Å²) >= 11 is 0. The second-order valence-corrected chi connectivity index (χ2v) is 6.20. The Balaban J connectivity index is 2.38. The van der Waals surface area contributed by atoms with Crippen LogP contribution in [0.25, 0.3) is 0 Å². The summed E-state index contributed by atoms with van der Waals surface area (Å²) in [5, 5.41) is 0. The first-order valence-corrected chi connectivity index (χ1v) is 7.37. The van der Waals surface area contributed by atoms with Crippen molar-refractivity contribution in [2.45, 2.75) is 52.1 Å². The third-order valence-corrected chi connectivity index (χ3v) is 3.63. The number of anilines is 1. The van der Waals surface area contributed by atoms with E-state index in [0.29, 0.717) is 25.4 Å². The number of aromatic nitrogens is 2. The third-order valence-electron chi connectivity index (χ3n) is 3.63. The van der Waals surface area contributed by atoms with Crippen molar-refractivity contribution in [1.82, 2.24) is 9.55 Å². The van der Waals surface area contributed by atoms with E-state index in [1.165, 1.54) is 0 Å². The lowest BCUT2D eigenvalue weighted by molar-refractivity contribution is -0.144. The lowest BCUT2D eigenvalue weighted by atomic mass is 10.1. The number of carbonyl (C=O) groups is 1. The molecular weight excluding hydrogens is 270 g/mol. The van der Waals surface area contributed by atoms with E-state index in [9.17, 15) is 9.59 Å². The van der Waals surface area contributed by atoms with Gasteiger partial charge >= 0.3 is 5.97 Å². The first-order valence-electron chi connectivity index (χ1n) is 7.37. The van der Waals surface area contributed by atoms with Crippen molar-refractivity contribution in [3.05, 3.63) is 22.7 Å². The van der Waals surface area contributed by atoms with Crippen LogP contribution in [-0.4, -0.2) is 34.7 Å². The number of ether oxygens (including phenoxy) is 1. The number of hydrogen-bond acceptors (Lipinski definition) is 5. The van der Waals surface area contributed by atoms with Gasteiger partial charge in [0.15, 0.2) is 5.82 Å². The lowest BCUT2D eigenvalue weighted by Crippen LogP contribution is -2.43. The van der Waals surface area contributed by atoms with Crippen LogP contribution < -0.4 is 10.5 Å². The summed E-state index contributed by atoms with van der Waals surface area (Å²) < 4.78 is 6.75. The normalized spacial score (nSPS) is 18.9. The zero-order valence-electron chi connectivity index (χ0n) is 13.1. The maximum atomic E-state index is 12.6. The van der Waals surface area contributed by atoms with Gasteiger partial charge in [-0.2, -0.15) is 0 Å². The smallest absolute Gasteiger partial charge is 0.328 e. The molecule has 1 unspecified atom stereocenters. The summed E-state index contributed by atoms with van der Waals surface area (Å²) in [6.07, 6.45) is 4.85. The highest BCUT2D eigenvalue weighted by atomic mass is 16.5. The van der Waals surface area contributed by atoms with E-state index in [0.717, 1.165) is 6.42 Å². The van der Waals surface area contributed by atoms with Crippen molar-refractivity contribution >= 4 is 11.8 Å². The molecular formula is C15H23N3O3. The summed E-state index contributed by atoms with van der Waals surface area (Å²) in [5.74, 6) is 0.0605. The van der Waals surface area contributed by atoms with Crippen LogP contribution in [0, 0.1) is 0 Å². The molecule has 1 saturated heterocycles. The van der Waals surface area contributed by atoms with Crippen LogP contribution in [0.5, 0.6) is 0 Å². The van der Waals surface area contributed by atoms with E-state index in [2.05, 4.69) is 4.98 Å². The fraction of sp³-hybridized carbons (Fsp3) is 0.667. The standard InChI is InChI=1S/C15H23N3O3/c1-5-21-14(20)11-7-6-9-17(11)12-13(19)18(10-8-16-12)15(2,3)4/h8,10-11H,5-7,9H2,1-4H3. The van der Waals surface area contributed by atoms with Gasteiger partial charge in [-0.15, -0.1) is 0 Å². The van der Waals surface area contributed by atoms with Gasteiger partial charge in [-0.1, -0.05) is 0 Å². The molecule has 1 aromatic rings. The molecule has 116 valence electrons. The number of nitrogens with zero attached hydrogens (tertiary/aromatic N) is 3. The van der Waals surface area contributed by atoms with E-state index < -0.39 is 6.04 Å². The molecule has 6 nitrogen and oxygen atoms in total. The minimum Gasteiger partial charge on any atom is -0.464 e. The molecule has 21 heavy (non-hydrogen) atoms. The van der Waals surface area contributed by atoms with Crippen molar-refractivity contribution in [3.8, 4) is 0 Å². The molecule has 1 aliphatic heterocycles. The quantitative estimate of drug-likeness (QED) is 0.791. The Morgan fingerprint density at radius 2 is 2.19 bits per heavy atom. The molecule has 0 spiro atoms. The van der Waals surface area contributed by atoms with Gasteiger partial charge in [0.2, 0.25) is 0 Å². The zero-order chi connectivity index (χ0) is 15.6. The molecule has 1 aromatic heterocycles. The molecule has 1 aliphatic rings. The maximum Gasteiger partial charge on any atom is 0.328 e. The van der Waals surface area contributed by atoms with Crippen LogP contribution in [0.1, 0.15) is 40.5 Å². The second kappa shape index (κ2) is 5.87. The minimum absolute atomic E-state index is 0.166. The van der Waals surface area contributed by atoms with Crippen molar-refractivity contribution in [1.29, 1.82) is 0 Å². The molecule has 1 fully saturated rings. The van der Waals surface area contributed by atoms with Crippen LogP contribution in [0.4, 0.5) is 5.82 Å². The molecule has 0 bridgehead atoms. The molecule has 0 aromatic carbocycles. The topological polar surface area (TPSA) is 64.4 Å². The minimum atomic E-state index is -0.402. The van der Waals surface area contributed by atoms with Crippen molar-refractivity contribution in [2.75, 3.05) is 18.1 Å². The zero-order valence-corrected chi connectivity index (χ0v) is 13.1. The Labute approximate surface area is 124 Å². The van der Waals surface area contributed by atoms with Crippen LogP contribution in [0.15, 0.2) is 17.2 Å². The molecule has 0 radical (unpaired) electrons. The number of carbonyl (C=O) groups excluding carboxylic acids is 1.